The van der Waals surface area contributed by atoms with E-state index in [2.05, 4.69) is 15.6 Å². The normalized spacial score (nSPS) is 11.2. The Hall–Kier alpha value is -2.25. The summed E-state index contributed by atoms with van der Waals surface area (Å²) in [6.07, 6.45) is 1.42. The van der Waals surface area contributed by atoms with Gasteiger partial charge in [0.25, 0.3) is 5.91 Å². The molecule has 6 nitrogen and oxygen atoms in total. The number of thiazole rings is 1. The first-order chi connectivity index (χ1) is 12.5. The first-order valence-electron chi connectivity index (χ1n) is 8.79. The number of rotatable bonds is 9. The van der Waals surface area contributed by atoms with Gasteiger partial charge in [0.2, 0.25) is 5.91 Å². The van der Waals surface area contributed by atoms with Gasteiger partial charge in [0.1, 0.15) is 5.01 Å². The zero-order valence-corrected chi connectivity index (χ0v) is 16.1. The van der Waals surface area contributed by atoms with Crippen LogP contribution in [-0.2, 0) is 17.9 Å². The van der Waals surface area contributed by atoms with Crippen LogP contribution in [-0.4, -0.2) is 23.3 Å². The second kappa shape index (κ2) is 9.45. The van der Waals surface area contributed by atoms with Crippen LogP contribution in [0.1, 0.15) is 47.7 Å². The van der Waals surface area contributed by atoms with Crippen LogP contribution in [0.3, 0.4) is 0 Å². The van der Waals surface area contributed by atoms with Crippen molar-refractivity contribution in [1.29, 1.82) is 0 Å². The van der Waals surface area contributed by atoms with Gasteiger partial charge in [0, 0.05) is 17.5 Å². The highest BCUT2D eigenvalue weighted by atomic mass is 32.1. The van der Waals surface area contributed by atoms with Crippen molar-refractivity contribution in [2.75, 3.05) is 6.54 Å². The molecule has 0 bridgehead atoms. The van der Waals surface area contributed by atoms with Gasteiger partial charge in [-0.15, -0.1) is 11.3 Å². The predicted molar refractivity (Wildman–Crippen MR) is 104 cm³/mol. The zero-order valence-electron chi connectivity index (χ0n) is 15.2. The minimum Gasteiger partial charge on any atom is -0.350 e. The molecule has 0 aliphatic heterocycles. The van der Waals surface area contributed by atoms with Crippen molar-refractivity contribution >= 4 is 23.2 Å². The van der Waals surface area contributed by atoms with Crippen molar-refractivity contribution in [1.82, 2.24) is 15.6 Å². The van der Waals surface area contributed by atoms with Gasteiger partial charge >= 0.3 is 0 Å². The van der Waals surface area contributed by atoms with E-state index in [1.54, 1.807) is 12.1 Å². The van der Waals surface area contributed by atoms with Gasteiger partial charge in [-0.3, -0.25) is 9.59 Å². The monoisotopic (exact) mass is 374 g/mol. The van der Waals surface area contributed by atoms with E-state index in [-0.39, 0.29) is 11.8 Å². The van der Waals surface area contributed by atoms with Gasteiger partial charge in [0.15, 0.2) is 0 Å². The molecule has 0 radical (unpaired) electrons. The van der Waals surface area contributed by atoms with Crippen molar-refractivity contribution in [2.45, 2.75) is 39.8 Å². The molecule has 1 aromatic heterocycles. The molecule has 0 saturated heterocycles. The van der Waals surface area contributed by atoms with Crippen molar-refractivity contribution < 1.29 is 9.59 Å². The van der Waals surface area contributed by atoms with E-state index in [1.165, 1.54) is 11.3 Å². The van der Waals surface area contributed by atoms with Crippen LogP contribution in [0.4, 0.5) is 0 Å². The Morgan fingerprint density at radius 2 is 1.81 bits per heavy atom. The minimum atomic E-state index is -0.511. The summed E-state index contributed by atoms with van der Waals surface area (Å²) in [5.41, 5.74) is 6.69. The Kier molecular flexibility index (Phi) is 7.29. The van der Waals surface area contributed by atoms with Crippen molar-refractivity contribution in [3.63, 3.8) is 0 Å². The van der Waals surface area contributed by atoms with Gasteiger partial charge in [-0.05, 0) is 25.0 Å². The summed E-state index contributed by atoms with van der Waals surface area (Å²) in [6.45, 7) is 5.02. The summed E-state index contributed by atoms with van der Waals surface area (Å²) in [5, 5.41) is 8.48. The highest BCUT2D eigenvalue weighted by Gasteiger charge is 2.33. The Morgan fingerprint density at radius 1 is 1.12 bits per heavy atom. The second-order valence-corrected chi connectivity index (χ2v) is 7.10. The maximum absolute atomic E-state index is 12.4. The van der Waals surface area contributed by atoms with E-state index in [9.17, 15) is 9.59 Å². The Labute approximate surface area is 158 Å². The third-order valence-electron chi connectivity index (χ3n) is 4.69. The van der Waals surface area contributed by atoms with E-state index in [1.807, 2.05) is 37.4 Å². The summed E-state index contributed by atoms with van der Waals surface area (Å²) in [6, 6.07) is 9.06. The quantitative estimate of drug-likeness (QED) is 0.628. The molecule has 2 aromatic rings. The molecule has 7 heteroatoms. The fraction of sp³-hybridized carbons (Fsp3) is 0.421. The van der Waals surface area contributed by atoms with E-state index >= 15 is 0 Å². The average molecular weight is 375 g/mol. The van der Waals surface area contributed by atoms with Crippen molar-refractivity contribution in [3.8, 4) is 0 Å². The fourth-order valence-electron chi connectivity index (χ4n) is 2.67. The first-order valence-corrected chi connectivity index (χ1v) is 9.67. The number of hydrogen-bond acceptors (Lipinski definition) is 5. The lowest BCUT2D eigenvalue weighted by Gasteiger charge is -2.28. The molecule has 0 aliphatic carbocycles. The largest absolute Gasteiger partial charge is 0.350 e. The van der Waals surface area contributed by atoms with Crippen LogP contribution < -0.4 is 16.4 Å². The summed E-state index contributed by atoms with van der Waals surface area (Å²) in [7, 11) is 0. The lowest BCUT2D eigenvalue weighted by molar-refractivity contribution is -0.131. The number of hydrogen-bond donors (Lipinski definition) is 3. The van der Waals surface area contributed by atoms with E-state index in [0.29, 0.717) is 38.0 Å². The van der Waals surface area contributed by atoms with Crippen LogP contribution in [0.25, 0.3) is 0 Å². The molecule has 140 valence electrons. The lowest BCUT2D eigenvalue weighted by atomic mass is 9.81. The molecular weight excluding hydrogens is 348 g/mol. The molecule has 0 aliphatic rings. The smallest absolute Gasteiger partial charge is 0.251 e. The van der Waals surface area contributed by atoms with Gasteiger partial charge in [-0.2, -0.15) is 0 Å². The number of amides is 2. The SMILES string of the molecule is CCC(CC)(CN)C(=O)NCc1csc(CNC(=O)c2ccccc2)n1. The van der Waals surface area contributed by atoms with E-state index < -0.39 is 5.41 Å². The molecule has 1 heterocycles. The van der Waals surface area contributed by atoms with Gasteiger partial charge < -0.3 is 16.4 Å². The van der Waals surface area contributed by atoms with Crippen molar-refractivity contribution in [3.05, 3.63) is 52.0 Å². The van der Waals surface area contributed by atoms with Crippen molar-refractivity contribution in [2.24, 2.45) is 11.1 Å². The first kappa shape index (κ1) is 20.1. The van der Waals surface area contributed by atoms with E-state index in [0.717, 1.165) is 10.7 Å². The summed E-state index contributed by atoms with van der Waals surface area (Å²) < 4.78 is 0. The van der Waals surface area contributed by atoms with Crippen LogP contribution in [0.15, 0.2) is 35.7 Å². The number of carbonyl (C=O) groups excluding carboxylic acids is 2. The molecule has 26 heavy (non-hydrogen) atoms. The molecule has 0 fully saturated rings. The number of nitrogens with zero attached hydrogens (tertiary/aromatic N) is 1. The van der Waals surface area contributed by atoms with Crippen LogP contribution in [0.5, 0.6) is 0 Å². The molecule has 0 unspecified atom stereocenters. The number of nitrogens with two attached hydrogens (primary N) is 1. The fourth-order valence-corrected chi connectivity index (χ4v) is 3.40. The molecule has 2 rings (SSSR count). The van der Waals surface area contributed by atoms with Gasteiger partial charge in [0.05, 0.1) is 24.2 Å². The summed E-state index contributed by atoms with van der Waals surface area (Å²) in [5.74, 6) is -0.161. The third kappa shape index (κ3) is 4.89. The zero-order chi connectivity index (χ0) is 19.0. The molecule has 2 amide bonds. The number of carbonyl (C=O) groups is 2. The number of aromatic nitrogens is 1. The Morgan fingerprint density at radius 3 is 2.42 bits per heavy atom. The predicted octanol–water partition coefficient (Wildman–Crippen LogP) is 2.45. The Balaban J connectivity index is 1.86. The standard InChI is InChI=1S/C19H26N4O2S/c1-3-19(4-2,13-20)18(25)22-10-15-12-26-16(23-15)11-21-17(24)14-8-6-5-7-9-14/h5-9,12H,3-4,10-11,13,20H2,1-2H3,(H,21,24)(H,22,25). The molecule has 0 atom stereocenters. The molecule has 4 N–H and O–H groups in total. The van der Waals surface area contributed by atoms with Gasteiger partial charge in [-0.1, -0.05) is 32.0 Å². The molecule has 1 aromatic carbocycles. The highest BCUT2D eigenvalue weighted by Crippen LogP contribution is 2.25. The lowest BCUT2D eigenvalue weighted by Crippen LogP contribution is -2.45. The highest BCUT2D eigenvalue weighted by molar-refractivity contribution is 7.09. The van der Waals surface area contributed by atoms with Crippen LogP contribution in [0, 0.1) is 5.41 Å². The molecule has 0 spiro atoms. The maximum Gasteiger partial charge on any atom is 0.251 e. The van der Waals surface area contributed by atoms with Gasteiger partial charge in [-0.25, -0.2) is 4.98 Å². The Bertz CT molecular complexity index is 718. The third-order valence-corrected chi connectivity index (χ3v) is 5.59. The number of benzene rings is 1. The van der Waals surface area contributed by atoms with E-state index in [4.69, 9.17) is 5.73 Å². The number of nitrogens with one attached hydrogen (secondary N) is 2. The summed E-state index contributed by atoms with van der Waals surface area (Å²) >= 11 is 1.46. The molecular formula is C19H26N4O2S. The second-order valence-electron chi connectivity index (χ2n) is 6.16. The minimum absolute atomic E-state index is 0.0306. The summed E-state index contributed by atoms with van der Waals surface area (Å²) in [4.78, 5) is 28.9. The van der Waals surface area contributed by atoms with Crippen LogP contribution in [0.2, 0.25) is 0 Å². The maximum atomic E-state index is 12.4. The topological polar surface area (TPSA) is 97.1 Å². The average Bonchev–Trinajstić information content (AvgIpc) is 3.15. The molecule has 0 saturated carbocycles. The van der Waals surface area contributed by atoms with Crippen LogP contribution >= 0.6 is 11.3 Å².